The van der Waals surface area contributed by atoms with Crippen LogP contribution < -0.4 is 10.5 Å². The minimum absolute atomic E-state index is 0.194. The highest BCUT2D eigenvalue weighted by molar-refractivity contribution is 5.87. The van der Waals surface area contributed by atoms with Crippen molar-refractivity contribution >= 4 is 10.9 Å². The molecule has 1 aromatic carbocycles. The second-order valence-electron chi connectivity index (χ2n) is 5.95. The van der Waals surface area contributed by atoms with Crippen molar-refractivity contribution in [1.82, 2.24) is 4.57 Å². The molecule has 3 rings (SSSR count). The number of methoxy groups -OCH3 is 1. The average Bonchev–Trinajstić information content (AvgIpc) is 2.61. The zero-order valence-corrected chi connectivity index (χ0v) is 12.5. The Kier molecular flexibility index (Phi) is 3.70. The molecule has 3 nitrogen and oxygen atoms in total. The number of ether oxygens (including phenoxy) is 1. The van der Waals surface area contributed by atoms with E-state index < -0.39 is 0 Å². The molecule has 1 aromatic heterocycles. The summed E-state index contributed by atoms with van der Waals surface area (Å²) in [6, 6.07) is 6.64. The van der Waals surface area contributed by atoms with E-state index in [0.29, 0.717) is 0 Å². The first-order chi connectivity index (χ1) is 9.70. The predicted molar refractivity (Wildman–Crippen MR) is 83.4 cm³/mol. The molecule has 0 amide bonds. The molecule has 1 aliphatic heterocycles. The summed E-state index contributed by atoms with van der Waals surface area (Å²) in [4.78, 5) is 0. The number of nitrogens with two attached hydrogens (primary N) is 1. The number of aryl methyl sites for hydroxylation is 1. The van der Waals surface area contributed by atoms with Crippen LogP contribution in [0.5, 0.6) is 5.75 Å². The molecule has 0 bridgehead atoms. The van der Waals surface area contributed by atoms with Crippen molar-refractivity contribution in [1.29, 1.82) is 0 Å². The zero-order chi connectivity index (χ0) is 14.1. The molecule has 1 atom stereocenters. The maximum Gasteiger partial charge on any atom is 0.119 e. The second kappa shape index (κ2) is 5.49. The summed E-state index contributed by atoms with van der Waals surface area (Å²) < 4.78 is 7.91. The van der Waals surface area contributed by atoms with Crippen LogP contribution in [-0.4, -0.2) is 17.7 Å². The maximum atomic E-state index is 6.08. The Balaban J connectivity index is 2.22. The second-order valence-corrected chi connectivity index (χ2v) is 5.95. The van der Waals surface area contributed by atoms with Crippen molar-refractivity contribution < 1.29 is 4.74 Å². The standard InChI is InChI=1S/C17H24N2O/c1-12(18)10-14-15-11-13(20-2)7-8-17(15)19-9-5-3-4-6-16(14)19/h7-8,11-12H,3-6,9-10,18H2,1-2H3/t12-/m0/s1. The summed E-state index contributed by atoms with van der Waals surface area (Å²) >= 11 is 0. The van der Waals surface area contributed by atoms with Gasteiger partial charge >= 0.3 is 0 Å². The zero-order valence-electron chi connectivity index (χ0n) is 12.5. The van der Waals surface area contributed by atoms with Crippen LogP contribution in [0.1, 0.15) is 37.4 Å². The minimum atomic E-state index is 0.194. The van der Waals surface area contributed by atoms with E-state index in [2.05, 4.69) is 29.7 Å². The molecule has 2 aromatic rings. The number of fused-ring (bicyclic) bond motifs is 3. The molecule has 0 unspecified atom stereocenters. The van der Waals surface area contributed by atoms with Gasteiger partial charge in [-0.2, -0.15) is 0 Å². The van der Waals surface area contributed by atoms with Crippen LogP contribution in [0.15, 0.2) is 18.2 Å². The molecule has 0 saturated heterocycles. The lowest BCUT2D eigenvalue weighted by Crippen LogP contribution is -2.18. The van der Waals surface area contributed by atoms with Crippen LogP contribution in [-0.2, 0) is 19.4 Å². The van der Waals surface area contributed by atoms with Crippen molar-refractivity contribution in [2.24, 2.45) is 5.73 Å². The number of benzene rings is 1. The summed E-state index contributed by atoms with van der Waals surface area (Å²) in [5, 5.41) is 1.33. The van der Waals surface area contributed by atoms with Crippen LogP contribution >= 0.6 is 0 Å². The van der Waals surface area contributed by atoms with Crippen LogP contribution in [0.4, 0.5) is 0 Å². The highest BCUT2D eigenvalue weighted by Crippen LogP contribution is 2.33. The Morgan fingerprint density at radius 2 is 2.15 bits per heavy atom. The van der Waals surface area contributed by atoms with Gasteiger partial charge in [0.25, 0.3) is 0 Å². The van der Waals surface area contributed by atoms with Crippen molar-refractivity contribution in [3.05, 3.63) is 29.5 Å². The molecule has 2 N–H and O–H groups in total. The Hall–Kier alpha value is -1.48. The molecule has 0 fully saturated rings. The van der Waals surface area contributed by atoms with Gasteiger partial charge < -0.3 is 15.0 Å². The molecular formula is C17H24N2O. The molecule has 0 radical (unpaired) electrons. The monoisotopic (exact) mass is 272 g/mol. The highest BCUT2D eigenvalue weighted by atomic mass is 16.5. The van der Waals surface area contributed by atoms with Gasteiger partial charge in [-0.05, 0) is 56.4 Å². The van der Waals surface area contributed by atoms with Gasteiger partial charge in [0, 0.05) is 29.2 Å². The van der Waals surface area contributed by atoms with Crippen molar-refractivity contribution in [2.45, 2.75) is 51.6 Å². The fourth-order valence-electron chi connectivity index (χ4n) is 3.41. The number of hydrogen-bond acceptors (Lipinski definition) is 2. The Morgan fingerprint density at radius 1 is 1.30 bits per heavy atom. The number of rotatable bonds is 3. The van der Waals surface area contributed by atoms with Gasteiger partial charge in [-0.25, -0.2) is 0 Å². The van der Waals surface area contributed by atoms with Gasteiger partial charge in [-0.1, -0.05) is 6.42 Å². The molecule has 108 valence electrons. The van der Waals surface area contributed by atoms with E-state index in [9.17, 15) is 0 Å². The molecule has 20 heavy (non-hydrogen) atoms. The molecule has 0 spiro atoms. The molecule has 3 heteroatoms. The summed E-state index contributed by atoms with van der Waals surface area (Å²) in [6.45, 7) is 3.23. The SMILES string of the molecule is COc1ccc2c(c1)c(C[C@H](C)N)c1n2CCCCC1. The summed E-state index contributed by atoms with van der Waals surface area (Å²) in [7, 11) is 1.73. The van der Waals surface area contributed by atoms with Crippen molar-refractivity contribution in [3.8, 4) is 5.75 Å². The van der Waals surface area contributed by atoms with Crippen molar-refractivity contribution in [2.75, 3.05) is 7.11 Å². The summed E-state index contributed by atoms with van der Waals surface area (Å²) in [6.07, 6.45) is 6.03. The lowest BCUT2D eigenvalue weighted by Gasteiger charge is -2.09. The molecule has 0 aliphatic carbocycles. The Labute approximate surface area is 120 Å². The van der Waals surface area contributed by atoms with Crippen LogP contribution in [0.3, 0.4) is 0 Å². The van der Waals surface area contributed by atoms with Crippen molar-refractivity contribution in [3.63, 3.8) is 0 Å². The van der Waals surface area contributed by atoms with E-state index in [-0.39, 0.29) is 6.04 Å². The quantitative estimate of drug-likeness (QED) is 0.931. The van der Waals surface area contributed by atoms with E-state index in [4.69, 9.17) is 10.5 Å². The number of aromatic nitrogens is 1. The molecule has 0 saturated carbocycles. The maximum absolute atomic E-state index is 6.08. The fourth-order valence-corrected chi connectivity index (χ4v) is 3.41. The number of hydrogen-bond donors (Lipinski definition) is 1. The lowest BCUT2D eigenvalue weighted by molar-refractivity contribution is 0.415. The van der Waals surface area contributed by atoms with E-state index in [1.807, 2.05) is 0 Å². The van der Waals surface area contributed by atoms with E-state index in [1.54, 1.807) is 7.11 Å². The van der Waals surface area contributed by atoms with E-state index in [0.717, 1.165) is 18.7 Å². The molecule has 1 aliphatic rings. The van der Waals surface area contributed by atoms with E-state index in [1.165, 1.54) is 47.8 Å². The Bertz CT molecular complexity index is 613. The van der Waals surface area contributed by atoms with Crippen LogP contribution in [0, 0.1) is 0 Å². The first kappa shape index (κ1) is 13.5. The van der Waals surface area contributed by atoms with Gasteiger partial charge in [0.15, 0.2) is 0 Å². The smallest absolute Gasteiger partial charge is 0.119 e. The molecular weight excluding hydrogens is 248 g/mol. The largest absolute Gasteiger partial charge is 0.497 e. The van der Waals surface area contributed by atoms with Gasteiger partial charge in [0.1, 0.15) is 5.75 Å². The number of nitrogens with zero attached hydrogens (tertiary/aromatic N) is 1. The topological polar surface area (TPSA) is 40.2 Å². The van der Waals surface area contributed by atoms with Crippen LogP contribution in [0.25, 0.3) is 10.9 Å². The third-order valence-electron chi connectivity index (χ3n) is 4.32. The molecule has 2 heterocycles. The van der Waals surface area contributed by atoms with Gasteiger partial charge in [0.2, 0.25) is 0 Å². The summed E-state index contributed by atoms with van der Waals surface area (Å²) in [5.41, 5.74) is 10.4. The lowest BCUT2D eigenvalue weighted by atomic mass is 10.0. The third-order valence-corrected chi connectivity index (χ3v) is 4.32. The normalized spacial score (nSPS) is 16.8. The fraction of sp³-hybridized carbons (Fsp3) is 0.529. The first-order valence-electron chi connectivity index (χ1n) is 7.64. The first-order valence-corrected chi connectivity index (χ1v) is 7.64. The van der Waals surface area contributed by atoms with E-state index >= 15 is 0 Å². The average molecular weight is 272 g/mol. The van der Waals surface area contributed by atoms with Gasteiger partial charge in [-0.3, -0.25) is 0 Å². The summed E-state index contributed by atoms with van der Waals surface area (Å²) in [5.74, 6) is 0.934. The van der Waals surface area contributed by atoms with Gasteiger partial charge in [0.05, 0.1) is 7.11 Å². The minimum Gasteiger partial charge on any atom is -0.497 e. The van der Waals surface area contributed by atoms with Gasteiger partial charge in [-0.15, -0.1) is 0 Å². The highest BCUT2D eigenvalue weighted by Gasteiger charge is 2.19. The van der Waals surface area contributed by atoms with Crippen LogP contribution in [0.2, 0.25) is 0 Å². The third kappa shape index (κ3) is 2.31. The Morgan fingerprint density at radius 3 is 2.90 bits per heavy atom. The predicted octanol–water partition coefficient (Wildman–Crippen LogP) is 3.27.